The van der Waals surface area contributed by atoms with E-state index in [0.29, 0.717) is 31.0 Å². The topological polar surface area (TPSA) is 110 Å². The molecule has 1 aliphatic heterocycles. The van der Waals surface area contributed by atoms with Crippen molar-refractivity contribution in [1.29, 1.82) is 0 Å². The van der Waals surface area contributed by atoms with Gasteiger partial charge in [-0.3, -0.25) is 9.78 Å². The van der Waals surface area contributed by atoms with Gasteiger partial charge < -0.3 is 15.7 Å². The van der Waals surface area contributed by atoms with Gasteiger partial charge >= 0.3 is 0 Å². The van der Waals surface area contributed by atoms with Crippen molar-refractivity contribution in [1.82, 2.24) is 24.5 Å². The molecule has 0 bridgehead atoms. The standard InChI is InChI=1S/C24H24N6O2/c1-15(31)11-22(32)29-10-9-18-21(14-29)28-24-19(13-27-30(24)23(18)25)17-7-8-20(26-12-17)16-5-3-2-4-6-16/h2-8,12-13,15,31H,9-11,14,25H2,1H3/t15-/m1/s1. The third kappa shape index (κ3) is 3.58. The average molecular weight is 428 g/mol. The van der Waals surface area contributed by atoms with E-state index in [1.54, 1.807) is 22.5 Å². The molecule has 3 aromatic heterocycles. The number of fused-ring (bicyclic) bond motifs is 2. The largest absolute Gasteiger partial charge is 0.393 e. The van der Waals surface area contributed by atoms with E-state index in [2.05, 4.69) is 10.1 Å². The SMILES string of the molecule is C[C@@H](O)CC(=O)N1CCc2c(nc3c(-c4ccc(-c5ccccc5)nc4)cnn3c2N)C1. The summed E-state index contributed by atoms with van der Waals surface area (Å²) in [5, 5.41) is 14.0. The van der Waals surface area contributed by atoms with Gasteiger partial charge in [0.1, 0.15) is 5.82 Å². The Kier molecular flexibility index (Phi) is 5.07. The molecule has 4 heterocycles. The number of hydrogen-bond donors (Lipinski definition) is 2. The van der Waals surface area contributed by atoms with Crippen LogP contribution in [0.2, 0.25) is 0 Å². The second-order valence-corrected chi connectivity index (χ2v) is 8.13. The fraction of sp³-hybridized carbons (Fsp3) is 0.250. The fourth-order valence-electron chi connectivity index (χ4n) is 4.14. The molecule has 8 nitrogen and oxygen atoms in total. The van der Waals surface area contributed by atoms with Crippen molar-refractivity contribution in [2.45, 2.75) is 32.4 Å². The van der Waals surface area contributed by atoms with Gasteiger partial charge in [-0.2, -0.15) is 9.61 Å². The summed E-state index contributed by atoms with van der Waals surface area (Å²) in [5.74, 6) is 0.466. The third-order valence-electron chi connectivity index (χ3n) is 5.81. The zero-order valence-corrected chi connectivity index (χ0v) is 17.8. The highest BCUT2D eigenvalue weighted by Crippen LogP contribution is 2.30. The minimum Gasteiger partial charge on any atom is -0.393 e. The summed E-state index contributed by atoms with van der Waals surface area (Å²) in [4.78, 5) is 23.6. The highest BCUT2D eigenvalue weighted by molar-refractivity contribution is 5.80. The van der Waals surface area contributed by atoms with E-state index in [-0.39, 0.29) is 12.3 Å². The van der Waals surface area contributed by atoms with Gasteiger partial charge in [-0.25, -0.2) is 4.98 Å². The molecule has 0 aliphatic carbocycles. The lowest BCUT2D eigenvalue weighted by molar-refractivity contribution is -0.134. The van der Waals surface area contributed by atoms with Crippen molar-refractivity contribution in [2.24, 2.45) is 0 Å². The molecule has 32 heavy (non-hydrogen) atoms. The molecule has 1 aliphatic rings. The number of nitrogens with zero attached hydrogens (tertiary/aromatic N) is 5. The first-order valence-corrected chi connectivity index (χ1v) is 10.6. The molecule has 4 aromatic rings. The number of anilines is 1. The molecular formula is C24H24N6O2. The van der Waals surface area contributed by atoms with Gasteiger partial charge in [0.2, 0.25) is 5.91 Å². The van der Waals surface area contributed by atoms with E-state index < -0.39 is 6.10 Å². The molecule has 0 spiro atoms. The van der Waals surface area contributed by atoms with Gasteiger partial charge in [0.25, 0.3) is 0 Å². The van der Waals surface area contributed by atoms with Crippen LogP contribution in [0.3, 0.4) is 0 Å². The first-order chi connectivity index (χ1) is 15.5. The van der Waals surface area contributed by atoms with Crippen molar-refractivity contribution < 1.29 is 9.90 Å². The molecule has 8 heteroatoms. The second-order valence-electron chi connectivity index (χ2n) is 8.13. The van der Waals surface area contributed by atoms with E-state index in [0.717, 1.165) is 33.6 Å². The number of aliphatic hydroxyl groups excluding tert-OH is 1. The lowest BCUT2D eigenvalue weighted by Crippen LogP contribution is -2.38. The van der Waals surface area contributed by atoms with Crippen LogP contribution in [-0.2, 0) is 17.8 Å². The Morgan fingerprint density at radius 1 is 1.16 bits per heavy atom. The minimum absolute atomic E-state index is 0.0830. The summed E-state index contributed by atoms with van der Waals surface area (Å²) in [6, 6.07) is 14.0. The van der Waals surface area contributed by atoms with E-state index in [1.807, 2.05) is 48.7 Å². The van der Waals surface area contributed by atoms with Crippen LogP contribution in [-0.4, -0.2) is 48.1 Å². The number of carbonyl (C=O) groups is 1. The summed E-state index contributed by atoms with van der Waals surface area (Å²) in [5.41, 5.74) is 12.4. The van der Waals surface area contributed by atoms with Gasteiger partial charge in [-0.1, -0.05) is 36.4 Å². The quantitative estimate of drug-likeness (QED) is 0.517. The Labute approximate surface area is 185 Å². The van der Waals surface area contributed by atoms with Crippen LogP contribution in [0.4, 0.5) is 5.82 Å². The van der Waals surface area contributed by atoms with Crippen molar-refractivity contribution in [2.75, 3.05) is 12.3 Å². The van der Waals surface area contributed by atoms with E-state index in [4.69, 9.17) is 10.7 Å². The molecule has 0 fully saturated rings. The highest BCUT2D eigenvalue weighted by atomic mass is 16.3. The number of hydrogen-bond acceptors (Lipinski definition) is 6. The van der Waals surface area contributed by atoms with Crippen LogP contribution in [0.15, 0.2) is 54.9 Å². The fourth-order valence-corrected chi connectivity index (χ4v) is 4.14. The van der Waals surface area contributed by atoms with Gasteiger partial charge in [-0.15, -0.1) is 0 Å². The number of aliphatic hydroxyl groups is 1. The number of rotatable bonds is 4. The Balaban J connectivity index is 1.50. The van der Waals surface area contributed by atoms with Crippen molar-refractivity contribution >= 4 is 17.4 Å². The molecule has 1 atom stereocenters. The van der Waals surface area contributed by atoms with Crippen molar-refractivity contribution in [3.05, 3.63) is 66.1 Å². The molecule has 0 radical (unpaired) electrons. The molecular weight excluding hydrogens is 404 g/mol. The number of amides is 1. The molecule has 5 rings (SSSR count). The lowest BCUT2D eigenvalue weighted by atomic mass is 10.0. The van der Waals surface area contributed by atoms with Crippen LogP contribution in [0.5, 0.6) is 0 Å². The molecule has 3 N–H and O–H groups in total. The first kappa shape index (κ1) is 20.1. The molecule has 1 aromatic carbocycles. The van der Waals surface area contributed by atoms with Crippen LogP contribution in [0.25, 0.3) is 28.0 Å². The van der Waals surface area contributed by atoms with Gasteiger partial charge in [0.15, 0.2) is 5.65 Å². The number of nitrogens with two attached hydrogens (primary N) is 1. The molecule has 1 amide bonds. The number of benzene rings is 1. The second kappa shape index (κ2) is 8.05. The van der Waals surface area contributed by atoms with E-state index >= 15 is 0 Å². The van der Waals surface area contributed by atoms with E-state index in [1.165, 1.54) is 0 Å². The lowest BCUT2D eigenvalue weighted by Gasteiger charge is -2.29. The van der Waals surface area contributed by atoms with Gasteiger partial charge in [-0.05, 0) is 19.4 Å². The first-order valence-electron chi connectivity index (χ1n) is 10.6. The predicted octanol–water partition coefficient (Wildman–Crippen LogP) is 2.70. The summed E-state index contributed by atoms with van der Waals surface area (Å²) >= 11 is 0. The molecule has 162 valence electrons. The number of carbonyl (C=O) groups excluding carboxylic acids is 1. The van der Waals surface area contributed by atoms with Gasteiger partial charge in [0, 0.05) is 35.0 Å². The summed E-state index contributed by atoms with van der Waals surface area (Å²) < 4.78 is 1.66. The zero-order valence-electron chi connectivity index (χ0n) is 17.8. The van der Waals surface area contributed by atoms with Crippen molar-refractivity contribution in [3.8, 4) is 22.4 Å². The van der Waals surface area contributed by atoms with Crippen molar-refractivity contribution in [3.63, 3.8) is 0 Å². The third-order valence-corrected chi connectivity index (χ3v) is 5.81. The number of pyridine rings is 1. The normalized spacial score (nSPS) is 14.4. The molecule has 0 unspecified atom stereocenters. The number of nitrogen functional groups attached to an aromatic ring is 1. The van der Waals surface area contributed by atoms with Crippen LogP contribution in [0, 0.1) is 0 Å². The van der Waals surface area contributed by atoms with Gasteiger partial charge in [0.05, 0.1) is 36.7 Å². The zero-order chi connectivity index (χ0) is 22.2. The maximum Gasteiger partial charge on any atom is 0.225 e. The average Bonchev–Trinajstić information content (AvgIpc) is 3.23. The summed E-state index contributed by atoms with van der Waals surface area (Å²) in [7, 11) is 0. The Morgan fingerprint density at radius 2 is 1.97 bits per heavy atom. The minimum atomic E-state index is -0.669. The predicted molar refractivity (Wildman–Crippen MR) is 121 cm³/mol. The smallest absolute Gasteiger partial charge is 0.225 e. The highest BCUT2D eigenvalue weighted by Gasteiger charge is 2.26. The molecule has 0 saturated carbocycles. The summed E-state index contributed by atoms with van der Waals surface area (Å²) in [6.07, 6.45) is 3.61. The Bertz CT molecular complexity index is 1280. The van der Waals surface area contributed by atoms with E-state index in [9.17, 15) is 9.90 Å². The Hall–Kier alpha value is -3.78. The monoisotopic (exact) mass is 428 g/mol. The summed E-state index contributed by atoms with van der Waals surface area (Å²) in [6.45, 7) is 2.54. The maximum absolute atomic E-state index is 12.4. The molecule has 0 saturated heterocycles. The van der Waals surface area contributed by atoms with Crippen LogP contribution >= 0.6 is 0 Å². The van der Waals surface area contributed by atoms with Crippen LogP contribution < -0.4 is 5.73 Å². The number of aromatic nitrogens is 4. The maximum atomic E-state index is 12.4. The van der Waals surface area contributed by atoms with Crippen LogP contribution in [0.1, 0.15) is 24.6 Å². The Morgan fingerprint density at radius 3 is 2.69 bits per heavy atom.